The summed E-state index contributed by atoms with van der Waals surface area (Å²) in [5.41, 5.74) is 8.95. The van der Waals surface area contributed by atoms with Gasteiger partial charge < -0.3 is 15.2 Å². The minimum Gasteiger partial charge on any atom is -0.467 e. The summed E-state index contributed by atoms with van der Waals surface area (Å²) in [4.78, 5) is 2.37. The molecule has 1 heterocycles. The Kier molecular flexibility index (Phi) is 2.68. The molecule has 0 aromatic heterocycles. The van der Waals surface area contributed by atoms with E-state index in [-0.39, 0.29) is 0 Å². The van der Waals surface area contributed by atoms with Crippen LogP contribution in [0.25, 0.3) is 0 Å². The predicted octanol–water partition coefficient (Wildman–Crippen LogP) is 1.73. The third-order valence-electron chi connectivity index (χ3n) is 3.40. The van der Waals surface area contributed by atoms with E-state index >= 15 is 0 Å². The molecule has 1 aliphatic carbocycles. The Balaban J connectivity index is 1.88. The van der Waals surface area contributed by atoms with Crippen LogP contribution in [0.5, 0.6) is 5.75 Å². The van der Waals surface area contributed by atoms with Crippen molar-refractivity contribution in [1.29, 1.82) is 0 Å². The smallest absolute Gasteiger partial charge is 0.189 e. The summed E-state index contributed by atoms with van der Waals surface area (Å²) in [6, 6.07) is 4.70. The average molecular weight is 234 g/mol. The quantitative estimate of drug-likeness (QED) is 0.809. The van der Waals surface area contributed by atoms with Crippen molar-refractivity contribution in [2.75, 3.05) is 19.6 Å². The first-order chi connectivity index (χ1) is 8.24. The lowest BCUT2D eigenvalue weighted by molar-refractivity contribution is -0.0173. The van der Waals surface area contributed by atoms with Crippen LogP contribution < -0.4 is 10.5 Å². The fraction of sp³-hybridized carbons (Fsp3) is 0.538. The van der Waals surface area contributed by atoms with Crippen LogP contribution in [0.4, 0.5) is 5.69 Å². The molecule has 17 heavy (non-hydrogen) atoms. The standard InChI is InChI=1S/C13H18N2O2/c1-15(12-2-3-12)6-9-4-11(14)5-10-7-16-8-17-13(9)10/h4-5,12H,2-3,6-8,14H2,1H3. The Morgan fingerprint density at radius 3 is 3.00 bits per heavy atom. The van der Waals surface area contributed by atoms with Crippen LogP contribution in [0.2, 0.25) is 0 Å². The number of anilines is 1. The fourth-order valence-electron chi connectivity index (χ4n) is 2.36. The molecule has 0 unspecified atom stereocenters. The number of benzene rings is 1. The molecule has 1 fully saturated rings. The monoisotopic (exact) mass is 234 g/mol. The molecule has 1 saturated carbocycles. The number of rotatable bonds is 3. The molecule has 0 amide bonds. The van der Waals surface area contributed by atoms with Crippen LogP contribution in [-0.4, -0.2) is 24.8 Å². The topological polar surface area (TPSA) is 47.7 Å². The van der Waals surface area contributed by atoms with Gasteiger partial charge in [0.1, 0.15) is 5.75 Å². The first-order valence-electron chi connectivity index (χ1n) is 6.06. The fourth-order valence-corrected chi connectivity index (χ4v) is 2.36. The zero-order valence-electron chi connectivity index (χ0n) is 10.1. The molecule has 4 heteroatoms. The van der Waals surface area contributed by atoms with Crippen molar-refractivity contribution in [2.24, 2.45) is 0 Å². The Bertz CT molecular complexity index is 430. The van der Waals surface area contributed by atoms with E-state index in [1.54, 1.807) is 0 Å². The van der Waals surface area contributed by atoms with Crippen molar-refractivity contribution in [3.63, 3.8) is 0 Å². The van der Waals surface area contributed by atoms with Gasteiger partial charge in [-0.05, 0) is 32.0 Å². The third kappa shape index (κ3) is 2.23. The summed E-state index contributed by atoms with van der Waals surface area (Å²) in [6.45, 7) is 1.84. The van der Waals surface area contributed by atoms with Crippen molar-refractivity contribution in [3.05, 3.63) is 23.3 Å². The minimum atomic E-state index is 0.344. The van der Waals surface area contributed by atoms with Crippen LogP contribution in [0.15, 0.2) is 12.1 Å². The summed E-state index contributed by atoms with van der Waals surface area (Å²) < 4.78 is 10.9. The largest absolute Gasteiger partial charge is 0.467 e. The summed E-state index contributed by atoms with van der Waals surface area (Å²) in [7, 11) is 2.16. The van der Waals surface area contributed by atoms with Crippen LogP contribution in [0, 0.1) is 0 Å². The number of nitrogen functional groups attached to an aromatic ring is 1. The van der Waals surface area contributed by atoms with Crippen molar-refractivity contribution >= 4 is 5.69 Å². The minimum absolute atomic E-state index is 0.344. The summed E-state index contributed by atoms with van der Waals surface area (Å²) >= 11 is 0. The van der Waals surface area contributed by atoms with Gasteiger partial charge in [-0.15, -0.1) is 0 Å². The molecule has 1 aromatic carbocycles. The van der Waals surface area contributed by atoms with Gasteiger partial charge in [-0.1, -0.05) is 0 Å². The molecule has 0 bridgehead atoms. The van der Waals surface area contributed by atoms with Gasteiger partial charge in [0, 0.05) is 29.4 Å². The Labute approximate surface area is 101 Å². The highest BCUT2D eigenvalue weighted by Gasteiger charge is 2.27. The van der Waals surface area contributed by atoms with Crippen molar-refractivity contribution in [1.82, 2.24) is 4.90 Å². The highest BCUT2D eigenvalue weighted by molar-refractivity contribution is 5.53. The zero-order valence-corrected chi connectivity index (χ0v) is 10.1. The molecule has 1 aliphatic heterocycles. The second-order valence-electron chi connectivity index (χ2n) is 4.93. The Morgan fingerprint density at radius 2 is 2.24 bits per heavy atom. The highest BCUT2D eigenvalue weighted by atomic mass is 16.7. The predicted molar refractivity (Wildman–Crippen MR) is 65.6 cm³/mol. The lowest BCUT2D eigenvalue weighted by Gasteiger charge is -2.24. The SMILES string of the molecule is CN(Cc1cc(N)cc2c1OCOC2)C1CC1. The van der Waals surface area contributed by atoms with E-state index in [0.29, 0.717) is 13.4 Å². The summed E-state index contributed by atoms with van der Waals surface area (Å²) in [5.74, 6) is 0.970. The number of hydrogen-bond donors (Lipinski definition) is 1. The first kappa shape index (κ1) is 10.9. The number of fused-ring (bicyclic) bond motifs is 1. The van der Waals surface area contributed by atoms with E-state index in [1.807, 2.05) is 12.1 Å². The molecular weight excluding hydrogens is 216 g/mol. The molecule has 2 N–H and O–H groups in total. The van der Waals surface area contributed by atoms with Crippen molar-refractivity contribution in [3.8, 4) is 5.75 Å². The molecule has 4 nitrogen and oxygen atoms in total. The van der Waals surface area contributed by atoms with Crippen LogP contribution in [-0.2, 0) is 17.9 Å². The summed E-state index contributed by atoms with van der Waals surface area (Å²) in [5, 5.41) is 0. The molecule has 92 valence electrons. The normalized spacial score (nSPS) is 18.9. The maximum absolute atomic E-state index is 5.92. The first-order valence-corrected chi connectivity index (χ1v) is 6.06. The number of ether oxygens (including phenoxy) is 2. The molecule has 3 rings (SSSR count). The van der Waals surface area contributed by atoms with Crippen molar-refractivity contribution < 1.29 is 9.47 Å². The van der Waals surface area contributed by atoms with E-state index in [1.165, 1.54) is 18.4 Å². The molecule has 0 atom stereocenters. The Morgan fingerprint density at radius 1 is 1.41 bits per heavy atom. The van der Waals surface area contributed by atoms with Gasteiger partial charge in [-0.25, -0.2) is 0 Å². The van der Waals surface area contributed by atoms with Gasteiger partial charge in [0.25, 0.3) is 0 Å². The van der Waals surface area contributed by atoms with Gasteiger partial charge >= 0.3 is 0 Å². The van der Waals surface area contributed by atoms with E-state index in [0.717, 1.165) is 29.6 Å². The second-order valence-corrected chi connectivity index (χ2v) is 4.93. The molecule has 1 aromatic rings. The van der Waals surface area contributed by atoms with Gasteiger partial charge in [-0.3, -0.25) is 4.90 Å². The molecule has 0 spiro atoms. The third-order valence-corrected chi connectivity index (χ3v) is 3.40. The van der Waals surface area contributed by atoms with Crippen LogP contribution >= 0.6 is 0 Å². The van der Waals surface area contributed by atoms with Crippen molar-refractivity contribution in [2.45, 2.75) is 32.0 Å². The maximum atomic E-state index is 5.92. The van der Waals surface area contributed by atoms with Crippen LogP contribution in [0.3, 0.4) is 0 Å². The lowest BCUT2D eigenvalue weighted by Crippen LogP contribution is -2.22. The van der Waals surface area contributed by atoms with Crippen LogP contribution in [0.1, 0.15) is 24.0 Å². The lowest BCUT2D eigenvalue weighted by atomic mass is 10.1. The van der Waals surface area contributed by atoms with E-state index < -0.39 is 0 Å². The molecule has 0 radical (unpaired) electrons. The van der Waals surface area contributed by atoms with E-state index in [2.05, 4.69) is 11.9 Å². The number of nitrogens with zero attached hydrogens (tertiary/aromatic N) is 1. The van der Waals surface area contributed by atoms with Gasteiger partial charge in [0.05, 0.1) is 6.61 Å². The molecule has 0 saturated heterocycles. The number of hydrogen-bond acceptors (Lipinski definition) is 4. The van der Waals surface area contributed by atoms with Gasteiger partial charge in [-0.2, -0.15) is 0 Å². The Hall–Kier alpha value is -1.26. The molecule has 2 aliphatic rings. The second kappa shape index (κ2) is 4.20. The zero-order chi connectivity index (χ0) is 11.8. The number of nitrogens with two attached hydrogens (primary N) is 1. The molecular formula is C13H18N2O2. The highest BCUT2D eigenvalue weighted by Crippen LogP contribution is 2.34. The van der Waals surface area contributed by atoms with Gasteiger partial charge in [0.15, 0.2) is 6.79 Å². The average Bonchev–Trinajstić information content (AvgIpc) is 3.12. The van der Waals surface area contributed by atoms with Gasteiger partial charge in [0.2, 0.25) is 0 Å². The maximum Gasteiger partial charge on any atom is 0.189 e. The summed E-state index contributed by atoms with van der Waals surface area (Å²) in [6.07, 6.45) is 2.62. The van der Waals surface area contributed by atoms with E-state index in [4.69, 9.17) is 15.2 Å². The van der Waals surface area contributed by atoms with E-state index in [9.17, 15) is 0 Å².